The molecule has 26 heavy (non-hydrogen) atoms. The number of urea groups is 1. The van der Waals surface area contributed by atoms with Crippen LogP contribution in [0.5, 0.6) is 5.75 Å². The molecule has 0 aliphatic carbocycles. The molecule has 2 heterocycles. The monoisotopic (exact) mass is 368 g/mol. The van der Waals surface area contributed by atoms with Crippen LogP contribution in [0, 0.1) is 0 Å². The Morgan fingerprint density at radius 1 is 1.15 bits per heavy atom. The van der Waals surface area contributed by atoms with Crippen molar-refractivity contribution >= 4 is 34.5 Å². The minimum absolute atomic E-state index is 0.0852. The Morgan fingerprint density at radius 3 is 2.62 bits per heavy atom. The van der Waals surface area contributed by atoms with E-state index in [0.717, 1.165) is 52.4 Å². The number of fused-ring (bicyclic) bond motifs is 1. The minimum Gasteiger partial charge on any atom is -0.497 e. The minimum atomic E-state index is -0.0852. The van der Waals surface area contributed by atoms with Gasteiger partial charge in [-0.2, -0.15) is 16.9 Å². The highest BCUT2D eigenvalue weighted by molar-refractivity contribution is 7.99. The normalized spacial score (nSPS) is 14.4. The van der Waals surface area contributed by atoms with Gasteiger partial charge in [0.1, 0.15) is 5.75 Å². The van der Waals surface area contributed by atoms with E-state index in [9.17, 15) is 4.79 Å². The second-order valence-corrected chi connectivity index (χ2v) is 7.32. The van der Waals surface area contributed by atoms with E-state index in [4.69, 9.17) is 4.74 Å². The predicted octanol–water partition coefficient (Wildman–Crippen LogP) is 3.82. The topological polar surface area (TPSA) is 70.2 Å². The molecule has 0 unspecified atom stereocenters. The first-order chi connectivity index (χ1) is 12.7. The number of amides is 2. The molecule has 2 N–H and O–H groups in total. The molecule has 0 radical (unpaired) electrons. The molecule has 3 aromatic rings. The van der Waals surface area contributed by atoms with Crippen LogP contribution < -0.4 is 10.1 Å². The van der Waals surface area contributed by atoms with E-state index in [0.29, 0.717) is 5.82 Å². The first-order valence-corrected chi connectivity index (χ1v) is 9.66. The van der Waals surface area contributed by atoms with Crippen LogP contribution >= 0.6 is 11.8 Å². The van der Waals surface area contributed by atoms with Crippen molar-refractivity contribution in [2.45, 2.75) is 0 Å². The van der Waals surface area contributed by atoms with Gasteiger partial charge in [-0.05, 0) is 35.4 Å². The van der Waals surface area contributed by atoms with Crippen molar-refractivity contribution in [1.82, 2.24) is 15.1 Å². The highest BCUT2D eigenvalue weighted by Crippen LogP contribution is 2.28. The average molecular weight is 368 g/mol. The second-order valence-electron chi connectivity index (χ2n) is 6.09. The predicted molar refractivity (Wildman–Crippen MR) is 106 cm³/mol. The molecule has 7 heteroatoms. The van der Waals surface area contributed by atoms with E-state index in [1.165, 1.54) is 0 Å². The third kappa shape index (κ3) is 3.35. The van der Waals surface area contributed by atoms with Gasteiger partial charge >= 0.3 is 6.03 Å². The quantitative estimate of drug-likeness (QED) is 0.737. The van der Waals surface area contributed by atoms with Crippen molar-refractivity contribution < 1.29 is 9.53 Å². The van der Waals surface area contributed by atoms with E-state index in [-0.39, 0.29) is 6.03 Å². The van der Waals surface area contributed by atoms with Crippen molar-refractivity contribution in [3.63, 3.8) is 0 Å². The van der Waals surface area contributed by atoms with Crippen molar-refractivity contribution in [2.24, 2.45) is 0 Å². The Labute approximate surface area is 155 Å². The number of rotatable bonds is 3. The SMILES string of the molecule is COc1ccc(-c2ccc3c(NC(=O)N4CCSCC4)n[nH]c3c2)cc1. The molecular weight excluding hydrogens is 348 g/mol. The molecule has 1 aromatic heterocycles. The number of hydrogen-bond donors (Lipinski definition) is 2. The summed E-state index contributed by atoms with van der Waals surface area (Å²) >= 11 is 1.88. The van der Waals surface area contributed by atoms with Crippen LogP contribution in [0.15, 0.2) is 42.5 Å². The van der Waals surface area contributed by atoms with Gasteiger partial charge in [0, 0.05) is 30.0 Å². The van der Waals surface area contributed by atoms with Gasteiger partial charge in [-0.1, -0.05) is 18.2 Å². The Morgan fingerprint density at radius 2 is 1.88 bits per heavy atom. The maximum absolute atomic E-state index is 12.4. The number of nitrogens with one attached hydrogen (secondary N) is 2. The van der Waals surface area contributed by atoms with E-state index < -0.39 is 0 Å². The number of aromatic amines is 1. The van der Waals surface area contributed by atoms with Gasteiger partial charge < -0.3 is 9.64 Å². The van der Waals surface area contributed by atoms with Gasteiger partial charge in [-0.15, -0.1) is 0 Å². The first kappa shape index (κ1) is 16.8. The maximum atomic E-state index is 12.4. The summed E-state index contributed by atoms with van der Waals surface area (Å²) < 4.78 is 5.20. The molecule has 0 saturated carbocycles. The van der Waals surface area contributed by atoms with E-state index in [1.807, 2.05) is 59.1 Å². The van der Waals surface area contributed by atoms with Gasteiger partial charge in [0.15, 0.2) is 5.82 Å². The zero-order chi connectivity index (χ0) is 17.9. The number of hydrogen-bond acceptors (Lipinski definition) is 4. The molecule has 1 saturated heterocycles. The van der Waals surface area contributed by atoms with E-state index in [1.54, 1.807) is 7.11 Å². The lowest BCUT2D eigenvalue weighted by atomic mass is 10.0. The molecule has 2 amide bonds. The van der Waals surface area contributed by atoms with E-state index >= 15 is 0 Å². The number of carbonyl (C=O) groups excluding carboxylic acids is 1. The van der Waals surface area contributed by atoms with Gasteiger partial charge in [-0.25, -0.2) is 4.79 Å². The third-order valence-electron chi connectivity index (χ3n) is 4.51. The molecule has 2 aromatic carbocycles. The highest BCUT2D eigenvalue weighted by Gasteiger charge is 2.18. The Hall–Kier alpha value is -2.67. The molecule has 1 aliphatic heterocycles. The van der Waals surface area contributed by atoms with Crippen LogP contribution in [0.25, 0.3) is 22.0 Å². The number of aromatic nitrogens is 2. The van der Waals surface area contributed by atoms with Gasteiger partial charge in [-0.3, -0.25) is 10.4 Å². The number of anilines is 1. The Bertz CT molecular complexity index is 917. The first-order valence-electron chi connectivity index (χ1n) is 8.51. The fraction of sp³-hybridized carbons (Fsp3) is 0.263. The lowest BCUT2D eigenvalue weighted by Gasteiger charge is -2.26. The number of methoxy groups -OCH3 is 1. The Balaban J connectivity index is 1.55. The molecule has 0 spiro atoms. The summed E-state index contributed by atoms with van der Waals surface area (Å²) in [6, 6.07) is 13.9. The zero-order valence-electron chi connectivity index (χ0n) is 14.5. The fourth-order valence-corrected chi connectivity index (χ4v) is 3.93. The maximum Gasteiger partial charge on any atom is 0.323 e. The summed E-state index contributed by atoms with van der Waals surface area (Å²) in [5, 5.41) is 11.1. The second kappa shape index (κ2) is 7.29. The molecule has 134 valence electrons. The number of carbonyl (C=O) groups is 1. The van der Waals surface area contributed by atoms with Gasteiger partial charge in [0.05, 0.1) is 12.6 Å². The van der Waals surface area contributed by atoms with Gasteiger partial charge in [0.25, 0.3) is 0 Å². The number of H-pyrrole nitrogens is 1. The summed E-state index contributed by atoms with van der Waals surface area (Å²) in [7, 11) is 1.66. The molecule has 4 rings (SSSR count). The van der Waals surface area contributed by atoms with E-state index in [2.05, 4.69) is 15.5 Å². The van der Waals surface area contributed by atoms with Crippen LogP contribution in [0.4, 0.5) is 10.6 Å². The summed E-state index contributed by atoms with van der Waals surface area (Å²) in [6.45, 7) is 1.56. The molecule has 1 aliphatic rings. The standard InChI is InChI=1S/C19H20N4O2S/c1-25-15-5-2-13(3-6-15)14-4-7-16-17(12-14)21-22-18(16)20-19(24)23-8-10-26-11-9-23/h2-7,12H,8-11H2,1H3,(H2,20,21,22,24). The number of nitrogens with zero attached hydrogens (tertiary/aromatic N) is 2. The lowest BCUT2D eigenvalue weighted by Crippen LogP contribution is -2.40. The molecule has 0 atom stereocenters. The fourth-order valence-electron chi connectivity index (χ4n) is 3.02. The van der Waals surface area contributed by atoms with Crippen molar-refractivity contribution in [2.75, 3.05) is 37.0 Å². The van der Waals surface area contributed by atoms with Crippen LogP contribution in [-0.2, 0) is 0 Å². The smallest absolute Gasteiger partial charge is 0.323 e. The summed E-state index contributed by atoms with van der Waals surface area (Å²) in [6.07, 6.45) is 0. The average Bonchev–Trinajstić information content (AvgIpc) is 3.10. The van der Waals surface area contributed by atoms with Crippen molar-refractivity contribution in [3.05, 3.63) is 42.5 Å². The molecular formula is C19H20N4O2S. The number of thioether (sulfide) groups is 1. The summed E-state index contributed by atoms with van der Waals surface area (Å²) in [5.41, 5.74) is 3.07. The largest absolute Gasteiger partial charge is 0.497 e. The van der Waals surface area contributed by atoms with Crippen LogP contribution in [0.1, 0.15) is 0 Å². The highest BCUT2D eigenvalue weighted by atomic mass is 32.2. The zero-order valence-corrected chi connectivity index (χ0v) is 15.3. The molecule has 6 nitrogen and oxygen atoms in total. The summed E-state index contributed by atoms with van der Waals surface area (Å²) in [4.78, 5) is 14.2. The van der Waals surface area contributed by atoms with Crippen LogP contribution in [0.2, 0.25) is 0 Å². The molecule has 0 bridgehead atoms. The lowest BCUT2D eigenvalue weighted by molar-refractivity contribution is 0.217. The molecule has 1 fully saturated rings. The Kier molecular flexibility index (Phi) is 4.71. The number of benzene rings is 2. The van der Waals surface area contributed by atoms with Crippen LogP contribution in [-0.4, -0.2) is 52.8 Å². The van der Waals surface area contributed by atoms with Crippen LogP contribution in [0.3, 0.4) is 0 Å². The summed E-state index contributed by atoms with van der Waals surface area (Å²) in [5.74, 6) is 3.38. The van der Waals surface area contributed by atoms with Crippen molar-refractivity contribution in [3.8, 4) is 16.9 Å². The van der Waals surface area contributed by atoms with Gasteiger partial charge in [0.2, 0.25) is 0 Å². The third-order valence-corrected chi connectivity index (χ3v) is 5.45. The van der Waals surface area contributed by atoms with Crippen molar-refractivity contribution in [1.29, 1.82) is 0 Å². The number of ether oxygens (including phenoxy) is 1.